The Morgan fingerprint density at radius 1 is 1.15 bits per heavy atom. The second-order valence-corrected chi connectivity index (χ2v) is 6.45. The molecule has 1 aliphatic heterocycles. The van der Waals surface area contributed by atoms with Crippen LogP contribution >= 0.6 is 15.9 Å². The fourth-order valence-electron chi connectivity index (χ4n) is 2.57. The van der Waals surface area contributed by atoms with E-state index in [2.05, 4.69) is 32.8 Å². The minimum absolute atomic E-state index is 0.254. The van der Waals surface area contributed by atoms with Gasteiger partial charge in [0.05, 0.1) is 0 Å². The summed E-state index contributed by atoms with van der Waals surface area (Å²) >= 11 is 3.39. The number of ketones is 1. The number of hydrogen-bond donors (Lipinski definition) is 0. The smallest absolute Gasteiger partial charge is 0.162 e. The molecule has 0 radical (unpaired) electrons. The largest absolute Gasteiger partial charge is 0.305 e. The van der Waals surface area contributed by atoms with Crippen molar-refractivity contribution in [2.45, 2.75) is 19.3 Å². The molecule has 1 fully saturated rings. The van der Waals surface area contributed by atoms with Gasteiger partial charge in [0, 0.05) is 29.5 Å². The summed E-state index contributed by atoms with van der Waals surface area (Å²) in [5.41, 5.74) is 0.823. The minimum Gasteiger partial charge on any atom is -0.305 e. The Hall–Kier alpha value is -0.710. The summed E-state index contributed by atoms with van der Waals surface area (Å²) in [7, 11) is 2.18. The Balaban J connectivity index is 1.72. The Labute approximate surface area is 130 Å². The summed E-state index contributed by atoms with van der Waals surface area (Å²) in [6, 6.07) is 7.65. The van der Waals surface area contributed by atoms with Crippen molar-refractivity contribution in [3.63, 3.8) is 0 Å². The molecule has 20 heavy (non-hydrogen) atoms. The highest BCUT2D eigenvalue weighted by atomic mass is 79.9. The van der Waals surface area contributed by atoms with Gasteiger partial charge >= 0.3 is 0 Å². The van der Waals surface area contributed by atoms with Crippen molar-refractivity contribution in [2.24, 2.45) is 0 Å². The van der Waals surface area contributed by atoms with Gasteiger partial charge in [-0.1, -0.05) is 28.1 Å². The van der Waals surface area contributed by atoms with Gasteiger partial charge in [-0.3, -0.25) is 4.79 Å². The fourth-order valence-corrected chi connectivity index (χ4v) is 2.83. The van der Waals surface area contributed by atoms with Crippen molar-refractivity contribution in [3.05, 3.63) is 34.3 Å². The van der Waals surface area contributed by atoms with Crippen molar-refractivity contribution in [2.75, 3.05) is 39.8 Å². The average Bonchev–Trinajstić information content (AvgIpc) is 2.64. The number of carbonyl (C=O) groups is 1. The van der Waals surface area contributed by atoms with E-state index in [1.807, 2.05) is 24.3 Å². The van der Waals surface area contributed by atoms with Crippen molar-refractivity contribution >= 4 is 21.7 Å². The van der Waals surface area contributed by atoms with Gasteiger partial charge in [0.15, 0.2) is 5.78 Å². The summed E-state index contributed by atoms with van der Waals surface area (Å²) in [5.74, 6) is 0.254. The van der Waals surface area contributed by atoms with E-state index in [0.717, 1.165) is 42.6 Å². The van der Waals surface area contributed by atoms with Crippen LogP contribution in [0.4, 0.5) is 0 Å². The zero-order valence-corrected chi connectivity index (χ0v) is 13.7. The van der Waals surface area contributed by atoms with E-state index in [0.29, 0.717) is 6.42 Å². The molecule has 1 saturated heterocycles. The molecule has 4 heteroatoms. The number of likely N-dealkylation sites (N-methyl/N-ethyl adjacent to an activating group) is 1. The molecule has 110 valence electrons. The molecule has 1 heterocycles. The third-order valence-corrected chi connectivity index (χ3v) is 4.39. The number of nitrogens with zero attached hydrogens (tertiary/aromatic N) is 2. The van der Waals surface area contributed by atoms with Crippen LogP contribution in [0, 0.1) is 0 Å². The molecule has 3 nitrogen and oxygen atoms in total. The van der Waals surface area contributed by atoms with Gasteiger partial charge in [-0.15, -0.1) is 0 Å². The SMILES string of the molecule is CN1CCCN(CCCC(=O)c2ccc(Br)cc2)CC1. The van der Waals surface area contributed by atoms with Gasteiger partial charge in [-0.2, -0.15) is 0 Å². The minimum atomic E-state index is 0.254. The normalized spacial score (nSPS) is 17.9. The number of halogens is 1. The zero-order valence-electron chi connectivity index (χ0n) is 12.1. The molecule has 1 aromatic carbocycles. The Kier molecular flexibility index (Phi) is 6.20. The molecule has 0 atom stereocenters. The van der Waals surface area contributed by atoms with Gasteiger partial charge in [0.25, 0.3) is 0 Å². The molecule has 2 rings (SSSR count). The van der Waals surface area contributed by atoms with Crippen LogP contribution in [0.1, 0.15) is 29.6 Å². The molecule has 0 aromatic heterocycles. The third-order valence-electron chi connectivity index (χ3n) is 3.86. The van der Waals surface area contributed by atoms with Crippen LogP contribution in [0.2, 0.25) is 0 Å². The first kappa shape index (κ1) is 15.7. The predicted molar refractivity (Wildman–Crippen MR) is 86.3 cm³/mol. The molecular formula is C16H23BrN2O. The molecule has 0 bridgehead atoms. The van der Waals surface area contributed by atoms with Crippen LogP contribution in [0.5, 0.6) is 0 Å². The first-order valence-corrected chi connectivity index (χ1v) is 8.14. The van der Waals surface area contributed by atoms with E-state index in [-0.39, 0.29) is 5.78 Å². The quantitative estimate of drug-likeness (QED) is 0.771. The van der Waals surface area contributed by atoms with Gasteiger partial charge in [-0.05, 0) is 51.7 Å². The Morgan fingerprint density at radius 2 is 1.90 bits per heavy atom. The van der Waals surface area contributed by atoms with Gasteiger partial charge in [0.1, 0.15) is 0 Å². The summed E-state index contributed by atoms with van der Waals surface area (Å²) in [5, 5.41) is 0. The molecule has 0 saturated carbocycles. The van der Waals surface area contributed by atoms with E-state index in [1.165, 1.54) is 13.0 Å². The highest BCUT2D eigenvalue weighted by Gasteiger charge is 2.12. The van der Waals surface area contributed by atoms with Crippen LogP contribution < -0.4 is 0 Å². The maximum atomic E-state index is 12.1. The highest BCUT2D eigenvalue weighted by molar-refractivity contribution is 9.10. The lowest BCUT2D eigenvalue weighted by Crippen LogP contribution is -2.30. The van der Waals surface area contributed by atoms with Crippen molar-refractivity contribution < 1.29 is 4.79 Å². The van der Waals surface area contributed by atoms with Gasteiger partial charge in [0.2, 0.25) is 0 Å². The predicted octanol–water partition coefficient (Wildman–Crippen LogP) is 3.05. The molecule has 0 amide bonds. The molecule has 0 aliphatic carbocycles. The standard InChI is InChI=1S/C16H23BrN2O/c1-18-9-3-11-19(13-12-18)10-2-4-16(20)14-5-7-15(17)8-6-14/h5-8H,2-4,9-13H2,1H3. The lowest BCUT2D eigenvalue weighted by molar-refractivity contribution is 0.0975. The molecule has 1 aromatic rings. The van der Waals surface area contributed by atoms with Crippen LogP contribution in [-0.4, -0.2) is 55.4 Å². The Bertz CT molecular complexity index is 433. The fraction of sp³-hybridized carbons (Fsp3) is 0.562. The van der Waals surface area contributed by atoms with E-state index in [9.17, 15) is 4.79 Å². The Morgan fingerprint density at radius 3 is 2.65 bits per heavy atom. The number of hydrogen-bond acceptors (Lipinski definition) is 3. The van der Waals surface area contributed by atoms with Crippen molar-refractivity contribution in [3.8, 4) is 0 Å². The molecule has 0 spiro atoms. The summed E-state index contributed by atoms with van der Waals surface area (Å²) in [6.45, 7) is 5.66. The lowest BCUT2D eigenvalue weighted by Gasteiger charge is -2.19. The van der Waals surface area contributed by atoms with Crippen LogP contribution in [0.3, 0.4) is 0 Å². The number of rotatable bonds is 5. The number of carbonyl (C=O) groups excluding carboxylic acids is 1. The summed E-state index contributed by atoms with van der Waals surface area (Å²) < 4.78 is 1.02. The summed E-state index contributed by atoms with van der Waals surface area (Å²) in [6.07, 6.45) is 2.84. The zero-order chi connectivity index (χ0) is 14.4. The maximum absolute atomic E-state index is 12.1. The van der Waals surface area contributed by atoms with E-state index < -0.39 is 0 Å². The first-order valence-electron chi connectivity index (χ1n) is 7.35. The van der Waals surface area contributed by atoms with Crippen LogP contribution in [0.25, 0.3) is 0 Å². The van der Waals surface area contributed by atoms with Crippen molar-refractivity contribution in [1.82, 2.24) is 9.80 Å². The van der Waals surface area contributed by atoms with Gasteiger partial charge in [-0.25, -0.2) is 0 Å². The number of Topliss-reactive ketones (excluding diaryl/α,β-unsaturated/α-hetero) is 1. The van der Waals surface area contributed by atoms with Gasteiger partial charge < -0.3 is 9.80 Å². The monoisotopic (exact) mass is 338 g/mol. The molecule has 0 unspecified atom stereocenters. The maximum Gasteiger partial charge on any atom is 0.162 e. The molecule has 1 aliphatic rings. The first-order chi connectivity index (χ1) is 9.65. The van der Waals surface area contributed by atoms with Crippen molar-refractivity contribution in [1.29, 1.82) is 0 Å². The molecular weight excluding hydrogens is 316 g/mol. The topological polar surface area (TPSA) is 23.6 Å². The van der Waals surface area contributed by atoms with Crippen LogP contribution in [-0.2, 0) is 0 Å². The third kappa shape index (κ3) is 5.00. The second-order valence-electron chi connectivity index (χ2n) is 5.53. The lowest BCUT2D eigenvalue weighted by atomic mass is 10.1. The molecule has 0 N–H and O–H groups in total. The van der Waals surface area contributed by atoms with E-state index in [1.54, 1.807) is 0 Å². The van der Waals surface area contributed by atoms with Crippen LogP contribution in [0.15, 0.2) is 28.7 Å². The average molecular weight is 339 g/mol. The van der Waals surface area contributed by atoms with E-state index in [4.69, 9.17) is 0 Å². The highest BCUT2D eigenvalue weighted by Crippen LogP contribution is 2.13. The second kappa shape index (κ2) is 7.91. The summed E-state index contributed by atoms with van der Waals surface area (Å²) in [4.78, 5) is 16.9. The number of benzene rings is 1. The van der Waals surface area contributed by atoms with E-state index >= 15 is 0 Å².